The molecule has 2 aliphatic rings. The maximum atomic E-state index is 11.5. The van der Waals surface area contributed by atoms with E-state index < -0.39 is 9.84 Å². The van der Waals surface area contributed by atoms with Gasteiger partial charge in [-0.15, -0.1) is 12.4 Å². The van der Waals surface area contributed by atoms with E-state index in [1.54, 1.807) is 0 Å². The van der Waals surface area contributed by atoms with E-state index in [1.807, 2.05) is 6.20 Å². The zero-order valence-corrected chi connectivity index (χ0v) is 11.7. The molecule has 3 heterocycles. The van der Waals surface area contributed by atoms with Crippen molar-refractivity contribution < 1.29 is 8.42 Å². The highest BCUT2D eigenvalue weighted by Crippen LogP contribution is 2.30. The molecule has 18 heavy (non-hydrogen) atoms. The molecular formula is C11H18ClN3O2S. The lowest BCUT2D eigenvalue weighted by atomic mass is 10.0. The van der Waals surface area contributed by atoms with Crippen molar-refractivity contribution in [2.45, 2.75) is 37.8 Å². The van der Waals surface area contributed by atoms with Crippen molar-refractivity contribution >= 4 is 22.2 Å². The van der Waals surface area contributed by atoms with Crippen LogP contribution < -0.4 is 5.73 Å². The summed E-state index contributed by atoms with van der Waals surface area (Å²) in [6, 6.07) is 0.175. The Morgan fingerprint density at radius 1 is 1.39 bits per heavy atom. The largest absolute Gasteiger partial charge is 0.330 e. The molecule has 1 saturated heterocycles. The summed E-state index contributed by atoms with van der Waals surface area (Å²) in [6.45, 7) is 0.779. The van der Waals surface area contributed by atoms with Crippen molar-refractivity contribution in [1.82, 2.24) is 9.55 Å². The number of sulfone groups is 1. The van der Waals surface area contributed by atoms with E-state index in [0.717, 1.165) is 25.2 Å². The molecule has 0 bridgehead atoms. The zero-order chi connectivity index (χ0) is 12.0. The average molecular weight is 292 g/mol. The second-order valence-electron chi connectivity index (χ2n) is 5.12. The van der Waals surface area contributed by atoms with Gasteiger partial charge < -0.3 is 10.3 Å². The molecule has 0 amide bonds. The van der Waals surface area contributed by atoms with Gasteiger partial charge in [-0.25, -0.2) is 13.4 Å². The Kier molecular flexibility index (Phi) is 3.71. The number of aryl methyl sites for hydroxylation is 1. The normalized spacial score (nSPS) is 29.6. The van der Waals surface area contributed by atoms with Gasteiger partial charge in [0.25, 0.3) is 0 Å². The quantitative estimate of drug-likeness (QED) is 0.816. The highest BCUT2D eigenvalue weighted by Gasteiger charge is 2.33. The zero-order valence-electron chi connectivity index (χ0n) is 10.1. The third-order valence-electron chi connectivity index (χ3n) is 3.76. The second-order valence-corrected chi connectivity index (χ2v) is 7.35. The third-order valence-corrected chi connectivity index (χ3v) is 5.52. The van der Waals surface area contributed by atoms with Gasteiger partial charge >= 0.3 is 0 Å². The molecule has 1 fully saturated rings. The molecule has 0 saturated carbocycles. The fourth-order valence-electron chi connectivity index (χ4n) is 2.82. The molecule has 102 valence electrons. The van der Waals surface area contributed by atoms with Crippen LogP contribution in [-0.4, -0.2) is 35.5 Å². The minimum atomic E-state index is -2.85. The molecule has 1 aromatic rings. The Hall–Kier alpha value is -0.590. The van der Waals surface area contributed by atoms with Crippen molar-refractivity contribution in [1.29, 1.82) is 0 Å². The molecule has 2 N–H and O–H groups in total. The molecule has 5 nitrogen and oxygen atoms in total. The molecule has 3 rings (SSSR count). The molecule has 0 aromatic carbocycles. The summed E-state index contributed by atoms with van der Waals surface area (Å²) in [5.41, 5.74) is 7.16. The molecule has 1 aromatic heterocycles. The maximum Gasteiger partial charge on any atom is 0.151 e. The minimum Gasteiger partial charge on any atom is -0.330 e. The maximum absolute atomic E-state index is 11.5. The lowest BCUT2D eigenvalue weighted by Gasteiger charge is -2.23. The monoisotopic (exact) mass is 291 g/mol. The van der Waals surface area contributed by atoms with E-state index in [-0.39, 0.29) is 30.1 Å². The summed E-state index contributed by atoms with van der Waals surface area (Å²) in [5.74, 6) is 1.54. The fourth-order valence-corrected chi connectivity index (χ4v) is 4.56. The van der Waals surface area contributed by atoms with Crippen molar-refractivity contribution in [3.8, 4) is 0 Å². The Bertz CT molecular complexity index is 540. The van der Waals surface area contributed by atoms with Crippen LogP contribution in [0.3, 0.4) is 0 Å². The van der Waals surface area contributed by atoms with E-state index in [9.17, 15) is 8.42 Å². The van der Waals surface area contributed by atoms with E-state index in [4.69, 9.17) is 5.73 Å². The van der Waals surface area contributed by atoms with Crippen LogP contribution in [0.15, 0.2) is 6.20 Å². The molecule has 0 spiro atoms. The van der Waals surface area contributed by atoms with Crippen molar-refractivity contribution in [3.05, 3.63) is 17.7 Å². The summed E-state index contributed by atoms with van der Waals surface area (Å²) in [4.78, 5) is 4.42. The highest BCUT2D eigenvalue weighted by molar-refractivity contribution is 7.91. The first-order valence-electron chi connectivity index (χ1n) is 6.05. The number of aromatic nitrogens is 2. The summed E-state index contributed by atoms with van der Waals surface area (Å²) >= 11 is 0. The Morgan fingerprint density at radius 3 is 2.83 bits per heavy atom. The number of rotatable bonds is 1. The molecule has 2 aliphatic heterocycles. The molecule has 2 atom stereocenters. The van der Waals surface area contributed by atoms with E-state index >= 15 is 0 Å². The number of fused-ring (bicyclic) bond motifs is 1. The van der Waals surface area contributed by atoms with Crippen LogP contribution in [0.1, 0.15) is 30.3 Å². The summed E-state index contributed by atoms with van der Waals surface area (Å²) < 4.78 is 25.2. The predicted molar refractivity (Wildman–Crippen MR) is 71.8 cm³/mol. The standard InChI is InChI=1S/C11H17N3O2S.ClH/c12-9-1-2-10-5-13-11(14(10)6-9)8-3-4-17(15,16)7-8;/h5,8-9H,1-4,6-7,12H2;1H. The van der Waals surface area contributed by atoms with Gasteiger partial charge in [0.15, 0.2) is 9.84 Å². The molecule has 7 heteroatoms. The SMILES string of the molecule is Cl.NC1CCc2cnc(C3CCS(=O)(=O)C3)n2C1. The highest BCUT2D eigenvalue weighted by atomic mass is 35.5. The first-order valence-corrected chi connectivity index (χ1v) is 7.87. The van der Waals surface area contributed by atoms with Crippen LogP contribution in [0.25, 0.3) is 0 Å². The van der Waals surface area contributed by atoms with Gasteiger partial charge in [-0.1, -0.05) is 0 Å². The lowest BCUT2D eigenvalue weighted by Crippen LogP contribution is -2.33. The minimum absolute atomic E-state index is 0. The van der Waals surface area contributed by atoms with E-state index in [0.29, 0.717) is 12.2 Å². The topological polar surface area (TPSA) is 78.0 Å². The van der Waals surface area contributed by atoms with Crippen LogP contribution in [0.5, 0.6) is 0 Å². The summed E-state index contributed by atoms with van der Waals surface area (Å²) in [7, 11) is -2.85. The average Bonchev–Trinajstić information content (AvgIpc) is 2.81. The molecule has 0 radical (unpaired) electrons. The summed E-state index contributed by atoms with van der Waals surface area (Å²) in [5, 5.41) is 0. The van der Waals surface area contributed by atoms with Gasteiger partial charge in [0.1, 0.15) is 5.82 Å². The van der Waals surface area contributed by atoms with Crippen LogP contribution in [-0.2, 0) is 22.8 Å². The first kappa shape index (κ1) is 13.8. The Labute approximate surface area is 113 Å². The number of imidazole rings is 1. The Balaban J connectivity index is 0.00000120. The van der Waals surface area contributed by atoms with Crippen LogP contribution in [0.4, 0.5) is 0 Å². The summed E-state index contributed by atoms with van der Waals surface area (Å²) in [6.07, 6.45) is 4.53. The number of nitrogens with zero attached hydrogens (tertiary/aromatic N) is 2. The Morgan fingerprint density at radius 2 is 2.17 bits per heavy atom. The van der Waals surface area contributed by atoms with Gasteiger partial charge in [-0.05, 0) is 19.3 Å². The lowest BCUT2D eigenvalue weighted by molar-refractivity contribution is 0.441. The van der Waals surface area contributed by atoms with Gasteiger partial charge in [0, 0.05) is 30.4 Å². The molecular weight excluding hydrogens is 274 g/mol. The fraction of sp³-hybridized carbons (Fsp3) is 0.727. The van der Waals surface area contributed by atoms with Crippen LogP contribution in [0, 0.1) is 0 Å². The van der Waals surface area contributed by atoms with Gasteiger partial charge in [-0.3, -0.25) is 0 Å². The number of halogens is 1. The second kappa shape index (κ2) is 4.83. The number of nitrogens with two attached hydrogens (primary N) is 1. The molecule has 2 unspecified atom stereocenters. The first-order chi connectivity index (χ1) is 8.05. The van der Waals surface area contributed by atoms with Crippen LogP contribution in [0.2, 0.25) is 0 Å². The van der Waals surface area contributed by atoms with E-state index in [1.165, 1.54) is 5.69 Å². The van der Waals surface area contributed by atoms with Crippen molar-refractivity contribution in [3.63, 3.8) is 0 Å². The van der Waals surface area contributed by atoms with Crippen molar-refractivity contribution in [2.24, 2.45) is 5.73 Å². The number of hydrogen-bond acceptors (Lipinski definition) is 4. The predicted octanol–water partition coefficient (Wildman–Crippen LogP) is 0.480. The smallest absolute Gasteiger partial charge is 0.151 e. The van der Waals surface area contributed by atoms with Gasteiger partial charge in [0.2, 0.25) is 0 Å². The van der Waals surface area contributed by atoms with E-state index in [2.05, 4.69) is 9.55 Å². The third kappa shape index (κ3) is 2.41. The van der Waals surface area contributed by atoms with Gasteiger partial charge in [0.05, 0.1) is 11.5 Å². The molecule has 0 aliphatic carbocycles. The van der Waals surface area contributed by atoms with Gasteiger partial charge in [-0.2, -0.15) is 0 Å². The van der Waals surface area contributed by atoms with Crippen molar-refractivity contribution in [2.75, 3.05) is 11.5 Å². The van der Waals surface area contributed by atoms with Crippen LogP contribution >= 0.6 is 12.4 Å². The number of hydrogen-bond donors (Lipinski definition) is 1.